The molecule has 0 unspecified atom stereocenters. The van der Waals surface area contributed by atoms with Crippen molar-refractivity contribution in [3.63, 3.8) is 0 Å². The van der Waals surface area contributed by atoms with Crippen LogP contribution >= 0.6 is 0 Å². The topological polar surface area (TPSA) is 79.7 Å². The zero-order valence-corrected chi connectivity index (χ0v) is 21.0. The van der Waals surface area contributed by atoms with Gasteiger partial charge in [-0.2, -0.15) is 0 Å². The largest absolute Gasteiger partial charge is 0.507 e. The van der Waals surface area contributed by atoms with E-state index in [1.807, 2.05) is 6.07 Å². The maximum Gasteiger partial charge on any atom is 0.295 e. The minimum atomic E-state index is -0.653. The van der Waals surface area contributed by atoms with E-state index in [1.54, 1.807) is 54.7 Å². The normalized spacial score (nSPS) is 17.2. The second-order valence-electron chi connectivity index (χ2n) is 9.19. The van der Waals surface area contributed by atoms with E-state index in [9.17, 15) is 14.7 Å². The zero-order chi connectivity index (χ0) is 25.0. The van der Waals surface area contributed by atoms with Crippen LogP contribution in [0.2, 0.25) is 0 Å². The number of Topliss-reactive ketones (excluding diaryl/α,β-unsaturated/α-hetero) is 1. The lowest BCUT2D eigenvalue weighted by molar-refractivity contribution is -0.139. The predicted octanol–water partition coefficient (Wildman–Crippen LogP) is 6.43. The predicted molar refractivity (Wildman–Crippen MR) is 138 cm³/mol. The molecular formula is C29H38N2O4. The molecule has 1 aromatic carbocycles. The molecule has 6 nitrogen and oxygen atoms in total. The van der Waals surface area contributed by atoms with Crippen molar-refractivity contribution in [3.8, 4) is 5.75 Å². The number of aromatic nitrogens is 1. The molecule has 6 heteroatoms. The molecule has 1 aliphatic rings. The van der Waals surface area contributed by atoms with Crippen LogP contribution in [0.4, 0.5) is 0 Å². The number of nitrogens with zero attached hydrogens (tertiary/aromatic N) is 2. The van der Waals surface area contributed by atoms with Crippen LogP contribution in [0, 0.1) is 0 Å². The highest BCUT2D eigenvalue weighted by Gasteiger charge is 2.45. The Kier molecular flexibility index (Phi) is 10.3. The summed E-state index contributed by atoms with van der Waals surface area (Å²) < 4.78 is 5.19. The lowest BCUT2D eigenvalue weighted by atomic mass is 9.96. The Balaban J connectivity index is 1.69. The average molecular weight is 479 g/mol. The van der Waals surface area contributed by atoms with Gasteiger partial charge in [-0.1, -0.05) is 70.8 Å². The van der Waals surface area contributed by atoms with E-state index in [0.29, 0.717) is 23.4 Å². The summed E-state index contributed by atoms with van der Waals surface area (Å²) >= 11 is 0. The Hall–Kier alpha value is -3.15. The van der Waals surface area contributed by atoms with Gasteiger partial charge >= 0.3 is 0 Å². The molecule has 1 fully saturated rings. The number of unbranched alkanes of at least 4 members (excludes halogenated alkanes) is 9. The van der Waals surface area contributed by atoms with Crippen LogP contribution in [-0.4, -0.2) is 40.3 Å². The number of carbonyl (C=O) groups excluding carboxylic acids is 2. The number of amides is 1. The summed E-state index contributed by atoms with van der Waals surface area (Å²) in [7, 11) is 1.57. The van der Waals surface area contributed by atoms with Crippen molar-refractivity contribution < 1.29 is 19.4 Å². The highest BCUT2D eigenvalue weighted by Crippen LogP contribution is 2.39. The van der Waals surface area contributed by atoms with Crippen LogP contribution in [-0.2, 0) is 9.59 Å². The summed E-state index contributed by atoms with van der Waals surface area (Å²) in [5.41, 5.74) is 1.30. The summed E-state index contributed by atoms with van der Waals surface area (Å²) in [6, 6.07) is 9.78. The molecule has 2 heterocycles. The molecule has 1 amide bonds. The van der Waals surface area contributed by atoms with Gasteiger partial charge in [-0.15, -0.1) is 0 Å². The molecule has 2 aromatic rings. The zero-order valence-electron chi connectivity index (χ0n) is 21.0. The first kappa shape index (κ1) is 26.5. The van der Waals surface area contributed by atoms with Crippen LogP contribution < -0.4 is 4.74 Å². The molecule has 1 atom stereocenters. The number of rotatable bonds is 14. The number of ketones is 1. The van der Waals surface area contributed by atoms with E-state index in [4.69, 9.17) is 4.74 Å². The minimum absolute atomic E-state index is 0.111. The lowest BCUT2D eigenvalue weighted by Gasteiger charge is -2.25. The second-order valence-corrected chi connectivity index (χ2v) is 9.19. The summed E-state index contributed by atoms with van der Waals surface area (Å²) in [4.78, 5) is 31.9. The van der Waals surface area contributed by atoms with Gasteiger partial charge in [-0.05, 0) is 42.3 Å². The van der Waals surface area contributed by atoms with Gasteiger partial charge in [-0.25, -0.2) is 0 Å². The number of likely N-dealkylation sites (tertiary alicyclic amines) is 1. The van der Waals surface area contributed by atoms with Crippen molar-refractivity contribution in [2.45, 2.75) is 77.2 Å². The highest BCUT2D eigenvalue weighted by molar-refractivity contribution is 6.46. The van der Waals surface area contributed by atoms with E-state index in [2.05, 4.69) is 11.9 Å². The van der Waals surface area contributed by atoms with E-state index in [0.717, 1.165) is 19.3 Å². The molecule has 1 aliphatic heterocycles. The summed E-state index contributed by atoms with van der Waals surface area (Å²) in [6.45, 7) is 2.71. The van der Waals surface area contributed by atoms with Gasteiger partial charge in [0, 0.05) is 24.5 Å². The highest BCUT2D eigenvalue weighted by atomic mass is 16.5. The average Bonchev–Trinajstić information content (AvgIpc) is 3.15. The van der Waals surface area contributed by atoms with Crippen LogP contribution in [0.15, 0.2) is 54.4 Å². The van der Waals surface area contributed by atoms with Crippen molar-refractivity contribution in [2.24, 2.45) is 0 Å². The SMILES string of the molecule is CCCCCCCCCCCCN1C(=O)C(=O)C(=C(O)c2ccc(OC)cc2)[C@H]1c1cccnc1. The third-order valence-electron chi connectivity index (χ3n) is 6.66. The Bertz CT molecular complexity index is 986. The Morgan fingerprint density at radius 3 is 2.14 bits per heavy atom. The monoisotopic (exact) mass is 478 g/mol. The summed E-state index contributed by atoms with van der Waals surface area (Å²) in [5, 5.41) is 11.1. The number of hydrogen-bond acceptors (Lipinski definition) is 5. The van der Waals surface area contributed by atoms with Crippen LogP contribution in [0.1, 0.15) is 88.3 Å². The molecule has 1 N–H and O–H groups in total. The maximum atomic E-state index is 13.1. The molecule has 1 saturated heterocycles. The van der Waals surface area contributed by atoms with Crippen LogP contribution in [0.3, 0.4) is 0 Å². The Morgan fingerprint density at radius 1 is 0.943 bits per heavy atom. The third kappa shape index (κ3) is 6.93. The van der Waals surface area contributed by atoms with Crippen molar-refractivity contribution in [1.82, 2.24) is 9.88 Å². The van der Waals surface area contributed by atoms with Gasteiger partial charge < -0.3 is 14.7 Å². The van der Waals surface area contributed by atoms with E-state index in [1.165, 1.54) is 44.9 Å². The quantitative estimate of drug-likeness (QED) is 0.146. The number of methoxy groups -OCH3 is 1. The molecule has 35 heavy (non-hydrogen) atoms. The number of aliphatic hydroxyl groups excluding tert-OH is 1. The van der Waals surface area contributed by atoms with Crippen molar-refractivity contribution >= 4 is 17.4 Å². The van der Waals surface area contributed by atoms with E-state index < -0.39 is 17.7 Å². The fourth-order valence-corrected chi connectivity index (χ4v) is 4.67. The first-order valence-corrected chi connectivity index (χ1v) is 12.9. The molecule has 0 spiro atoms. The standard InChI is InChI=1S/C29H38N2O4/c1-3-4-5-6-7-8-9-10-11-12-20-31-26(23-14-13-19-30-21-23)25(28(33)29(31)34)27(32)22-15-17-24(35-2)18-16-22/h13-19,21,26,32H,3-12,20H2,1-2H3/t26-/m1/s1. The number of carbonyl (C=O) groups is 2. The van der Waals surface area contributed by atoms with Crippen molar-refractivity contribution in [2.75, 3.05) is 13.7 Å². The fourth-order valence-electron chi connectivity index (χ4n) is 4.67. The van der Waals surface area contributed by atoms with Gasteiger partial charge in [0.25, 0.3) is 11.7 Å². The van der Waals surface area contributed by atoms with Gasteiger partial charge in [0.05, 0.1) is 18.7 Å². The molecular weight excluding hydrogens is 440 g/mol. The van der Waals surface area contributed by atoms with Gasteiger partial charge in [0.1, 0.15) is 11.5 Å². The maximum absolute atomic E-state index is 13.1. The molecule has 0 saturated carbocycles. The van der Waals surface area contributed by atoms with Crippen molar-refractivity contribution in [3.05, 3.63) is 65.5 Å². The summed E-state index contributed by atoms with van der Waals surface area (Å²) in [5.74, 6) is -0.749. The van der Waals surface area contributed by atoms with Gasteiger partial charge in [0.15, 0.2) is 0 Å². The molecule has 0 radical (unpaired) electrons. The van der Waals surface area contributed by atoms with Crippen LogP contribution in [0.5, 0.6) is 5.75 Å². The van der Waals surface area contributed by atoms with E-state index in [-0.39, 0.29) is 11.3 Å². The lowest BCUT2D eigenvalue weighted by Crippen LogP contribution is -2.30. The smallest absolute Gasteiger partial charge is 0.295 e. The van der Waals surface area contributed by atoms with Gasteiger partial charge in [-0.3, -0.25) is 14.6 Å². The second kappa shape index (κ2) is 13.7. The number of benzene rings is 1. The Morgan fingerprint density at radius 2 is 1.57 bits per heavy atom. The van der Waals surface area contributed by atoms with Crippen molar-refractivity contribution in [1.29, 1.82) is 0 Å². The number of hydrogen-bond donors (Lipinski definition) is 1. The number of aliphatic hydroxyl groups is 1. The fraction of sp³-hybridized carbons (Fsp3) is 0.483. The van der Waals surface area contributed by atoms with Crippen LogP contribution in [0.25, 0.3) is 5.76 Å². The summed E-state index contributed by atoms with van der Waals surface area (Å²) in [6.07, 6.45) is 15.3. The first-order chi connectivity index (χ1) is 17.1. The minimum Gasteiger partial charge on any atom is -0.507 e. The molecule has 3 rings (SSSR count). The molecule has 188 valence electrons. The van der Waals surface area contributed by atoms with E-state index >= 15 is 0 Å². The molecule has 1 aromatic heterocycles. The number of ether oxygens (including phenoxy) is 1. The molecule has 0 bridgehead atoms. The molecule has 0 aliphatic carbocycles. The third-order valence-corrected chi connectivity index (χ3v) is 6.66. The van der Waals surface area contributed by atoms with Gasteiger partial charge in [0.2, 0.25) is 0 Å². The first-order valence-electron chi connectivity index (χ1n) is 12.9. The Labute approximate surface area is 209 Å². The number of pyridine rings is 1.